The molecule has 1 aromatic rings. The summed E-state index contributed by atoms with van der Waals surface area (Å²) in [7, 11) is 1.49. The Morgan fingerprint density at radius 1 is 1.29 bits per heavy atom. The van der Waals surface area contributed by atoms with Gasteiger partial charge in [-0.2, -0.15) is 0 Å². The zero-order valence-electron chi connectivity index (χ0n) is 9.76. The normalized spacial score (nSPS) is 9.76. The topological polar surface area (TPSA) is 61.8 Å². The molecule has 5 heteroatoms. The van der Waals surface area contributed by atoms with Crippen molar-refractivity contribution in [3.63, 3.8) is 0 Å². The molecule has 0 aliphatic carbocycles. The maximum absolute atomic E-state index is 11.5. The van der Waals surface area contributed by atoms with Gasteiger partial charge in [-0.1, -0.05) is 6.07 Å². The maximum Gasteiger partial charge on any atom is 0.345 e. The molecule has 0 aliphatic rings. The average molecular weight is 238 g/mol. The van der Waals surface area contributed by atoms with Crippen LogP contribution in [0.15, 0.2) is 24.3 Å². The van der Waals surface area contributed by atoms with Crippen molar-refractivity contribution in [1.82, 2.24) is 0 Å². The van der Waals surface area contributed by atoms with E-state index in [2.05, 4.69) is 4.74 Å². The molecule has 0 bridgehead atoms. The fourth-order valence-corrected chi connectivity index (χ4v) is 1.13. The number of hydrogen-bond donors (Lipinski definition) is 0. The quantitative estimate of drug-likeness (QED) is 0.573. The summed E-state index contributed by atoms with van der Waals surface area (Å²) in [5, 5.41) is 0. The molecule has 0 N–H and O–H groups in total. The molecule has 0 heterocycles. The Labute approximate surface area is 99.3 Å². The van der Waals surface area contributed by atoms with E-state index < -0.39 is 11.9 Å². The van der Waals surface area contributed by atoms with Crippen LogP contribution in [0.3, 0.4) is 0 Å². The highest BCUT2D eigenvalue weighted by Gasteiger charge is 2.13. The van der Waals surface area contributed by atoms with Gasteiger partial charge in [-0.15, -0.1) is 0 Å². The number of rotatable bonds is 5. The Morgan fingerprint density at radius 2 is 2.06 bits per heavy atom. The van der Waals surface area contributed by atoms with E-state index in [-0.39, 0.29) is 12.2 Å². The van der Waals surface area contributed by atoms with Gasteiger partial charge >= 0.3 is 11.9 Å². The Balaban J connectivity index is 2.60. The number of methoxy groups -OCH3 is 1. The molecule has 0 unspecified atom stereocenters. The minimum atomic E-state index is -0.714. The highest BCUT2D eigenvalue weighted by molar-refractivity contribution is 5.97. The molecule has 0 fully saturated rings. The van der Waals surface area contributed by atoms with E-state index in [9.17, 15) is 9.59 Å². The molecule has 5 nitrogen and oxygen atoms in total. The van der Waals surface area contributed by atoms with Crippen molar-refractivity contribution in [2.75, 3.05) is 20.3 Å². The third-order valence-electron chi connectivity index (χ3n) is 1.94. The Hall–Kier alpha value is -1.88. The van der Waals surface area contributed by atoms with Crippen LogP contribution in [0.2, 0.25) is 0 Å². The molecule has 1 aromatic carbocycles. The second kappa shape index (κ2) is 6.65. The third-order valence-corrected chi connectivity index (χ3v) is 1.94. The van der Waals surface area contributed by atoms with E-state index in [1.807, 2.05) is 0 Å². The molecular formula is C12H14O5. The molecule has 0 aliphatic heterocycles. The van der Waals surface area contributed by atoms with Gasteiger partial charge in [-0.25, -0.2) is 9.59 Å². The van der Waals surface area contributed by atoms with E-state index >= 15 is 0 Å². The van der Waals surface area contributed by atoms with Gasteiger partial charge in [-0.05, 0) is 25.1 Å². The van der Waals surface area contributed by atoms with E-state index in [4.69, 9.17) is 9.47 Å². The third kappa shape index (κ3) is 4.24. The summed E-state index contributed by atoms with van der Waals surface area (Å²) >= 11 is 0. The summed E-state index contributed by atoms with van der Waals surface area (Å²) in [6, 6.07) is 6.37. The monoisotopic (exact) mass is 238 g/mol. The van der Waals surface area contributed by atoms with Gasteiger partial charge in [0.2, 0.25) is 0 Å². The first-order chi connectivity index (χ1) is 8.17. The molecule has 92 valence electrons. The van der Waals surface area contributed by atoms with Crippen molar-refractivity contribution in [3.05, 3.63) is 29.8 Å². The second-order valence-electron chi connectivity index (χ2n) is 3.13. The lowest BCUT2D eigenvalue weighted by Crippen LogP contribution is -2.17. The van der Waals surface area contributed by atoms with Gasteiger partial charge in [-0.3, -0.25) is 0 Å². The SMILES string of the molecule is CCOCC(=O)OC(=O)c1cccc(OC)c1. The maximum atomic E-state index is 11.5. The van der Waals surface area contributed by atoms with E-state index in [0.29, 0.717) is 12.4 Å². The van der Waals surface area contributed by atoms with Crippen LogP contribution in [-0.4, -0.2) is 32.3 Å². The molecule has 0 saturated heterocycles. The minimum absolute atomic E-state index is 0.230. The van der Waals surface area contributed by atoms with Crippen LogP contribution in [0, 0.1) is 0 Å². The predicted molar refractivity (Wildman–Crippen MR) is 59.9 cm³/mol. The first-order valence-corrected chi connectivity index (χ1v) is 5.14. The van der Waals surface area contributed by atoms with Crippen LogP contribution < -0.4 is 4.74 Å². The summed E-state index contributed by atoms with van der Waals surface area (Å²) in [5.41, 5.74) is 0.259. The van der Waals surface area contributed by atoms with Crippen LogP contribution in [0.1, 0.15) is 17.3 Å². The van der Waals surface area contributed by atoms with Gasteiger partial charge in [0.05, 0.1) is 12.7 Å². The van der Waals surface area contributed by atoms with Crippen LogP contribution in [0.5, 0.6) is 5.75 Å². The number of carbonyl (C=O) groups is 2. The minimum Gasteiger partial charge on any atom is -0.497 e. The largest absolute Gasteiger partial charge is 0.497 e. The number of esters is 2. The zero-order chi connectivity index (χ0) is 12.7. The molecule has 0 spiro atoms. The molecule has 0 atom stereocenters. The lowest BCUT2D eigenvalue weighted by molar-refractivity contribution is -0.142. The second-order valence-corrected chi connectivity index (χ2v) is 3.13. The lowest BCUT2D eigenvalue weighted by atomic mass is 10.2. The number of benzene rings is 1. The Bertz CT molecular complexity index is 400. The van der Waals surface area contributed by atoms with Gasteiger partial charge in [0.1, 0.15) is 12.4 Å². The van der Waals surface area contributed by atoms with Crippen LogP contribution in [-0.2, 0) is 14.3 Å². The van der Waals surface area contributed by atoms with Crippen LogP contribution >= 0.6 is 0 Å². The predicted octanol–water partition coefficient (Wildman–Crippen LogP) is 1.42. The summed E-state index contributed by atoms with van der Waals surface area (Å²) in [4.78, 5) is 22.7. The Morgan fingerprint density at radius 3 is 2.71 bits per heavy atom. The van der Waals surface area contributed by atoms with Gasteiger partial charge in [0.25, 0.3) is 0 Å². The molecule has 1 rings (SSSR count). The average Bonchev–Trinajstić information content (AvgIpc) is 2.36. The molecule has 0 amide bonds. The fraction of sp³-hybridized carbons (Fsp3) is 0.333. The number of ether oxygens (including phenoxy) is 3. The highest BCUT2D eigenvalue weighted by Crippen LogP contribution is 2.13. The standard InChI is InChI=1S/C12H14O5/c1-3-16-8-11(13)17-12(14)9-5-4-6-10(7-9)15-2/h4-7H,3,8H2,1-2H3. The first kappa shape index (κ1) is 13.2. The smallest absolute Gasteiger partial charge is 0.345 e. The van der Waals surface area contributed by atoms with E-state index in [0.717, 1.165) is 0 Å². The summed E-state index contributed by atoms with van der Waals surface area (Å²) < 4.78 is 14.4. The van der Waals surface area contributed by atoms with Gasteiger partial charge in [0, 0.05) is 6.61 Å². The zero-order valence-corrected chi connectivity index (χ0v) is 9.76. The van der Waals surface area contributed by atoms with Gasteiger partial charge < -0.3 is 14.2 Å². The fourth-order valence-electron chi connectivity index (χ4n) is 1.13. The number of hydrogen-bond acceptors (Lipinski definition) is 5. The first-order valence-electron chi connectivity index (χ1n) is 5.14. The summed E-state index contributed by atoms with van der Waals surface area (Å²) in [6.07, 6.45) is 0. The van der Waals surface area contributed by atoms with Crippen molar-refractivity contribution in [1.29, 1.82) is 0 Å². The molecule has 0 saturated carbocycles. The molecular weight excluding hydrogens is 224 g/mol. The van der Waals surface area contributed by atoms with Crippen molar-refractivity contribution >= 4 is 11.9 Å². The van der Waals surface area contributed by atoms with Crippen molar-refractivity contribution in [2.45, 2.75) is 6.92 Å². The molecule has 0 radical (unpaired) electrons. The van der Waals surface area contributed by atoms with Crippen molar-refractivity contribution in [2.24, 2.45) is 0 Å². The Kier molecular flexibility index (Phi) is 5.16. The lowest BCUT2D eigenvalue weighted by Gasteiger charge is -2.04. The number of carbonyl (C=O) groups excluding carboxylic acids is 2. The van der Waals surface area contributed by atoms with Gasteiger partial charge in [0.15, 0.2) is 0 Å². The van der Waals surface area contributed by atoms with Crippen LogP contribution in [0.25, 0.3) is 0 Å². The van der Waals surface area contributed by atoms with E-state index in [1.54, 1.807) is 25.1 Å². The van der Waals surface area contributed by atoms with Crippen molar-refractivity contribution in [3.8, 4) is 5.75 Å². The summed E-state index contributed by atoms with van der Waals surface area (Å²) in [5.74, 6) is -0.898. The van der Waals surface area contributed by atoms with E-state index in [1.165, 1.54) is 13.2 Å². The van der Waals surface area contributed by atoms with Crippen LogP contribution in [0.4, 0.5) is 0 Å². The summed E-state index contributed by atoms with van der Waals surface area (Å²) in [6.45, 7) is 1.91. The molecule has 17 heavy (non-hydrogen) atoms. The molecule has 0 aromatic heterocycles. The van der Waals surface area contributed by atoms with Crippen molar-refractivity contribution < 1.29 is 23.8 Å². The highest BCUT2D eigenvalue weighted by atomic mass is 16.6.